The van der Waals surface area contributed by atoms with Gasteiger partial charge in [-0.15, -0.1) is 0 Å². The third-order valence-corrected chi connectivity index (χ3v) is 3.00. The number of aryl methyl sites for hydroxylation is 1. The van der Waals surface area contributed by atoms with E-state index in [2.05, 4.69) is 73.1 Å². The minimum atomic E-state index is 0. The van der Waals surface area contributed by atoms with Crippen molar-refractivity contribution in [3.05, 3.63) is 72.6 Å². The van der Waals surface area contributed by atoms with E-state index in [1.807, 2.05) is 10.9 Å². The van der Waals surface area contributed by atoms with Gasteiger partial charge >= 0.3 is 0 Å². The molecule has 0 unspecified atom stereocenters. The molecule has 1 aromatic heterocycles. The highest BCUT2D eigenvalue weighted by atomic mass is 35.5. The number of benzene rings is 2. The van der Waals surface area contributed by atoms with Crippen LogP contribution < -0.4 is 22.5 Å². The molecular formula is C16H15ClN2. The zero-order valence-corrected chi connectivity index (χ0v) is 11.4. The fourth-order valence-corrected chi connectivity index (χ4v) is 1.98. The van der Waals surface area contributed by atoms with Gasteiger partial charge in [0.1, 0.15) is 0 Å². The molecule has 0 aliphatic rings. The number of halogens is 1. The highest BCUT2D eigenvalue weighted by Gasteiger charge is 2.02. The van der Waals surface area contributed by atoms with E-state index in [0.717, 1.165) is 5.69 Å². The molecule has 0 atom stereocenters. The highest BCUT2D eigenvalue weighted by molar-refractivity contribution is 5.80. The largest absolute Gasteiger partial charge is 1.00 e. The molecule has 0 aliphatic carbocycles. The minimum Gasteiger partial charge on any atom is -1.00 e. The first kappa shape index (κ1) is 13.4. The van der Waals surface area contributed by atoms with Crippen LogP contribution in [0, 0.1) is 6.92 Å². The summed E-state index contributed by atoms with van der Waals surface area (Å²) in [6.07, 6.45) is 4.12. The summed E-state index contributed by atoms with van der Waals surface area (Å²) in [7, 11) is 0. The molecule has 3 heteroatoms. The zero-order chi connectivity index (χ0) is 12.4. The van der Waals surface area contributed by atoms with Gasteiger partial charge < -0.3 is 12.4 Å². The molecular weight excluding hydrogens is 256 g/mol. The van der Waals surface area contributed by atoms with Gasteiger partial charge in [0.05, 0.1) is 5.69 Å². The van der Waals surface area contributed by atoms with E-state index in [1.54, 1.807) is 0 Å². The second kappa shape index (κ2) is 5.72. The first-order valence-corrected chi connectivity index (χ1v) is 6.05. The van der Waals surface area contributed by atoms with Crippen molar-refractivity contribution < 1.29 is 17.1 Å². The van der Waals surface area contributed by atoms with Crippen molar-refractivity contribution in [1.82, 2.24) is 0 Å². The summed E-state index contributed by atoms with van der Waals surface area (Å²) in [4.78, 5) is 0. The Morgan fingerprint density at radius 1 is 0.842 bits per heavy atom. The summed E-state index contributed by atoms with van der Waals surface area (Å²) in [6, 6.07) is 18.8. The number of nitrogens with zero attached hydrogens (tertiary/aromatic N) is 1. The Hall–Kier alpha value is -2.06. The number of aromatic nitrogens is 1. The third-order valence-electron chi connectivity index (χ3n) is 3.00. The maximum Gasteiger partial charge on any atom is 0.207 e. The topological polar surface area (TPSA) is 15.9 Å². The molecule has 96 valence electrons. The summed E-state index contributed by atoms with van der Waals surface area (Å²) in [5.74, 6) is 0. The van der Waals surface area contributed by atoms with Crippen LogP contribution in [0.15, 0.2) is 67.0 Å². The fraction of sp³-hybridized carbons (Fsp3) is 0.0625. The van der Waals surface area contributed by atoms with Crippen molar-refractivity contribution in [3.8, 4) is 0 Å². The molecule has 0 radical (unpaired) electrons. The van der Waals surface area contributed by atoms with E-state index in [9.17, 15) is 0 Å². The van der Waals surface area contributed by atoms with Crippen LogP contribution in [0.4, 0.5) is 5.69 Å². The lowest BCUT2D eigenvalue weighted by atomic mass is 10.2. The average Bonchev–Trinajstić information content (AvgIpc) is 2.41. The summed E-state index contributed by atoms with van der Waals surface area (Å²) >= 11 is 0. The molecule has 3 rings (SSSR count). The van der Waals surface area contributed by atoms with Crippen LogP contribution in [0.25, 0.3) is 10.8 Å². The monoisotopic (exact) mass is 270 g/mol. The van der Waals surface area contributed by atoms with E-state index in [-0.39, 0.29) is 12.4 Å². The summed E-state index contributed by atoms with van der Waals surface area (Å²) in [5.41, 5.74) is 5.69. The zero-order valence-electron chi connectivity index (χ0n) is 10.7. The van der Waals surface area contributed by atoms with Crippen molar-refractivity contribution >= 4 is 16.5 Å². The Bertz CT molecular complexity index is 678. The summed E-state index contributed by atoms with van der Waals surface area (Å²) in [6.45, 7) is 2.09. The first-order valence-electron chi connectivity index (χ1n) is 6.05. The van der Waals surface area contributed by atoms with Gasteiger partial charge in [0.25, 0.3) is 0 Å². The number of rotatable bonds is 2. The van der Waals surface area contributed by atoms with Crippen LogP contribution in [-0.4, -0.2) is 0 Å². The Balaban J connectivity index is 0.00000133. The predicted molar refractivity (Wildman–Crippen MR) is 74.3 cm³/mol. The molecule has 0 saturated heterocycles. The molecule has 0 spiro atoms. The molecule has 2 nitrogen and oxygen atoms in total. The Kier molecular flexibility index (Phi) is 4.03. The maximum atomic E-state index is 3.34. The van der Waals surface area contributed by atoms with Crippen molar-refractivity contribution in [2.75, 3.05) is 5.43 Å². The van der Waals surface area contributed by atoms with E-state index in [0.29, 0.717) is 0 Å². The number of pyridine rings is 1. The highest BCUT2D eigenvalue weighted by Crippen LogP contribution is 2.11. The van der Waals surface area contributed by atoms with Crippen LogP contribution in [0.1, 0.15) is 5.56 Å². The van der Waals surface area contributed by atoms with Gasteiger partial charge in [-0.05, 0) is 30.5 Å². The SMILES string of the molecule is Cc1ccc(N[n+]2ccc3ccccc3c2)cc1.[Cl-]. The van der Waals surface area contributed by atoms with Gasteiger partial charge in [-0.1, -0.05) is 40.6 Å². The first-order chi connectivity index (χ1) is 8.81. The number of fused-ring (bicyclic) bond motifs is 1. The molecule has 0 aliphatic heterocycles. The van der Waals surface area contributed by atoms with E-state index in [4.69, 9.17) is 0 Å². The Labute approximate surface area is 119 Å². The predicted octanol–water partition coefficient (Wildman–Crippen LogP) is 0.315. The molecule has 1 N–H and O–H groups in total. The molecule has 0 saturated carbocycles. The van der Waals surface area contributed by atoms with Gasteiger partial charge in [-0.2, -0.15) is 5.43 Å². The Morgan fingerprint density at radius 2 is 1.53 bits per heavy atom. The number of anilines is 1. The fourth-order valence-electron chi connectivity index (χ4n) is 1.98. The molecule has 19 heavy (non-hydrogen) atoms. The van der Waals surface area contributed by atoms with Gasteiger partial charge in [0.15, 0.2) is 6.20 Å². The van der Waals surface area contributed by atoms with Crippen molar-refractivity contribution in [2.45, 2.75) is 6.92 Å². The van der Waals surface area contributed by atoms with Crippen molar-refractivity contribution in [3.63, 3.8) is 0 Å². The summed E-state index contributed by atoms with van der Waals surface area (Å²) in [5, 5.41) is 2.47. The number of nitrogens with one attached hydrogen (secondary N) is 1. The van der Waals surface area contributed by atoms with Crippen LogP contribution in [0.5, 0.6) is 0 Å². The number of hydrogen-bond acceptors (Lipinski definition) is 1. The van der Waals surface area contributed by atoms with Crippen molar-refractivity contribution in [1.29, 1.82) is 0 Å². The average molecular weight is 271 g/mol. The second-order valence-electron chi connectivity index (χ2n) is 4.46. The van der Waals surface area contributed by atoms with Crippen LogP contribution >= 0.6 is 0 Å². The maximum absolute atomic E-state index is 3.34. The molecule has 2 aromatic carbocycles. The van der Waals surface area contributed by atoms with Gasteiger partial charge in [-0.3, -0.25) is 0 Å². The van der Waals surface area contributed by atoms with Crippen LogP contribution in [0.3, 0.4) is 0 Å². The molecule has 3 aromatic rings. The second-order valence-corrected chi connectivity index (χ2v) is 4.46. The quantitative estimate of drug-likeness (QED) is 0.663. The lowest BCUT2D eigenvalue weighted by Crippen LogP contribution is -3.00. The summed E-state index contributed by atoms with van der Waals surface area (Å²) < 4.78 is 1.98. The third kappa shape index (κ3) is 3.04. The van der Waals surface area contributed by atoms with E-state index >= 15 is 0 Å². The molecule has 1 heterocycles. The van der Waals surface area contributed by atoms with Gasteiger partial charge in [0, 0.05) is 11.5 Å². The van der Waals surface area contributed by atoms with E-state index < -0.39 is 0 Å². The normalized spacial score (nSPS) is 9.95. The number of hydrogen-bond donors (Lipinski definition) is 1. The smallest absolute Gasteiger partial charge is 0.207 e. The van der Waals surface area contributed by atoms with Crippen LogP contribution in [-0.2, 0) is 0 Å². The van der Waals surface area contributed by atoms with E-state index in [1.165, 1.54) is 16.3 Å². The lowest BCUT2D eigenvalue weighted by molar-refractivity contribution is -0.641. The van der Waals surface area contributed by atoms with Crippen molar-refractivity contribution in [2.24, 2.45) is 0 Å². The molecule has 0 amide bonds. The van der Waals surface area contributed by atoms with Gasteiger partial charge in [0.2, 0.25) is 6.20 Å². The molecule has 0 fully saturated rings. The van der Waals surface area contributed by atoms with Gasteiger partial charge in [-0.25, -0.2) is 0 Å². The van der Waals surface area contributed by atoms with Crippen LogP contribution in [0.2, 0.25) is 0 Å². The lowest BCUT2D eigenvalue weighted by Gasteiger charge is -2.02. The minimum absolute atomic E-state index is 0. The molecule has 0 bridgehead atoms. The Morgan fingerprint density at radius 3 is 2.26 bits per heavy atom. The standard InChI is InChI=1S/C16H15N2.ClH/c1-13-6-8-16(9-7-13)17-18-11-10-14-4-2-3-5-15(14)12-18;/h2-12,17H,1H3;1H/q+1;/p-1.